The molecule has 12 heteroatoms. The summed E-state index contributed by atoms with van der Waals surface area (Å²) in [5.74, 6) is -0.249. The summed E-state index contributed by atoms with van der Waals surface area (Å²) in [6.07, 6.45) is 3.79. The maximum absolute atomic E-state index is 13.4. The molecule has 3 saturated carbocycles. The first-order chi connectivity index (χ1) is 18.4. The number of furan rings is 1. The van der Waals surface area contributed by atoms with Gasteiger partial charge in [-0.15, -0.1) is 0 Å². The zero-order valence-electron chi connectivity index (χ0n) is 21.9. The van der Waals surface area contributed by atoms with Gasteiger partial charge in [-0.2, -0.15) is 0 Å². The molecular weight excluding hydrogens is 543 g/mol. The van der Waals surface area contributed by atoms with Gasteiger partial charge in [-0.05, 0) is 66.7 Å². The van der Waals surface area contributed by atoms with Gasteiger partial charge in [0.25, 0.3) is 5.69 Å². The monoisotopic (exact) mass is 572 g/mol. The first kappa shape index (κ1) is 26.8. The molecule has 0 spiro atoms. The van der Waals surface area contributed by atoms with Gasteiger partial charge < -0.3 is 13.7 Å². The Kier molecular flexibility index (Phi) is 6.39. The Bertz CT molecular complexity index is 1560. The van der Waals surface area contributed by atoms with E-state index >= 15 is 0 Å². The van der Waals surface area contributed by atoms with Crippen LogP contribution in [-0.4, -0.2) is 38.1 Å². The summed E-state index contributed by atoms with van der Waals surface area (Å²) in [5, 5.41) is 11.9. The van der Waals surface area contributed by atoms with E-state index in [4.69, 9.17) is 25.3 Å². The summed E-state index contributed by atoms with van der Waals surface area (Å²) in [6.45, 7) is 6.64. The van der Waals surface area contributed by atoms with Crippen molar-refractivity contribution in [1.82, 2.24) is 4.72 Å². The van der Waals surface area contributed by atoms with E-state index in [-0.39, 0.29) is 22.2 Å². The number of benzene rings is 2. The van der Waals surface area contributed by atoms with Crippen molar-refractivity contribution in [3.8, 4) is 0 Å². The maximum atomic E-state index is 13.4. The summed E-state index contributed by atoms with van der Waals surface area (Å²) in [7, 11) is -4.72. The van der Waals surface area contributed by atoms with Crippen LogP contribution in [-0.2, 0) is 31.5 Å². The highest BCUT2D eigenvalue weighted by Crippen LogP contribution is 2.65. The Balaban J connectivity index is 1.28. The summed E-state index contributed by atoms with van der Waals surface area (Å²) in [6, 6.07) is 11.5. The van der Waals surface area contributed by atoms with Crippen molar-refractivity contribution in [2.45, 2.75) is 63.4 Å². The van der Waals surface area contributed by atoms with Crippen LogP contribution in [0, 0.1) is 27.4 Å². The molecule has 2 bridgehead atoms. The van der Waals surface area contributed by atoms with Gasteiger partial charge in [0.2, 0.25) is 10.0 Å². The van der Waals surface area contributed by atoms with E-state index < -0.39 is 39.4 Å². The van der Waals surface area contributed by atoms with Gasteiger partial charge in [0.1, 0.15) is 10.6 Å². The summed E-state index contributed by atoms with van der Waals surface area (Å²) in [4.78, 5) is 10.5. The average molecular weight is 573 g/mol. The van der Waals surface area contributed by atoms with E-state index in [9.17, 15) is 18.5 Å². The summed E-state index contributed by atoms with van der Waals surface area (Å²) in [5.41, 5.74) is 1.26. The predicted molar refractivity (Wildman–Crippen MR) is 148 cm³/mol. The molecule has 0 amide bonds. The lowest BCUT2D eigenvalue weighted by Crippen LogP contribution is -2.65. The number of nitrogens with zero attached hydrogens (tertiary/aromatic N) is 1. The number of nitro benzene ring substituents is 1. The lowest BCUT2D eigenvalue weighted by atomic mass is 9.43. The van der Waals surface area contributed by atoms with Gasteiger partial charge >= 0.3 is 7.12 Å². The van der Waals surface area contributed by atoms with Crippen molar-refractivity contribution >= 4 is 45.4 Å². The van der Waals surface area contributed by atoms with Crippen molar-refractivity contribution < 1.29 is 27.1 Å². The number of sulfonamides is 1. The SMILES string of the molecule is CC1(C)[C@@H]2C[C@H]3OB([C@H](Cc4coc5ccccc45)NS(=O)(=O)Cc4ccc([N+](=O)[O-])c(Cl)c4)O[C@@]3(C)[C@H]1C2. The molecule has 1 aromatic heterocycles. The van der Waals surface area contributed by atoms with Crippen LogP contribution >= 0.6 is 11.6 Å². The third kappa shape index (κ3) is 4.58. The third-order valence-corrected chi connectivity index (χ3v) is 10.9. The first-order valence-electron chi connectivity index (χ1n) is 13.1. The van der Waals surface area contributed by atoms with Gasteiger partial charge in [0.15, 0.2) is 0 Å². The van der Waals surface area contributed by atoms with Crippen molar-refractivity contribution in [2.24, 2.45) is 17.3 Å². The van der Waals surface area contributed by atoms with Gasteiger partial charge in [-0.1, -0.05) is 49.7 Å². The van der Waals surface area contributed by atoms with E-state index in [1.54, 1.807) is 6.26 Å². The number of nitrogens with one attached hydrogen (secondary N) is 1. The molecule has 206 valence electrons. The van der Waals surface area contributed by atoms with Crippen LogP contribution in [0.15, 0.2) is 53.1 Å². The quantitative estimate of drug-likeness (QED) is 0.221. The topological polar surface area (TPSA) is 121 Å². The lowest BCUT2D eigenvalue weighted by Gasteiger charge is -2.64. The smallest absolute Gasteiger partial charge is 0.464 e. The average Bonchev–Trinajstić information content (AvgIpc) is 3.43. The Morgan fingerprint density at radius 3 is 2.69 bits per heavy atom. The molecule has 2 aromatic carbocycles. The maximum Gasteiger partial charge on any atom is 0.477 e. The molecule has 5 atom stereocenters. The van der Waals surface area contributed by atoms with E-state index in [0.717, 1.165) is 23.8 Å². The minimum atomic E-state index is -3.93. The largest absolute Gasteiger partial charge is 0.477 e. The Morgan fingerprint density at radius 1 is 1.21 bits per heavy atom. The molecule has 3 aliphatic carbocycles. The number of rotatable bonds is 8. The number of fused-ring (bicyclic) bond motifs is 1. The highest BCUT2D eigenvalue weighted by Gasteiger charge is 2.68. The van der Waals surface area contributed by atoms with Gasteiger partial charge in [-0.25, -0.2) is 13.1 Å². The third-order valence-electron chi connectivity index (χ3n) is 9.19. The van der Waals surface area contributed by atoms with Crippen molar-refractivity contribution in [1.29, 1.82) is 0 Å². The number of para-hydroxylation sites is 1. The Hall–Kier alpha value is -2.44. The van der Waals surface area contributed by atoms with E-state index in [2.05, 4.69) is 25.5 Å². The molecule has 39 heavy (non-hydrogen) atoms. The fraction of sp³-hybridized carbons (Fsp3) is 0.481. The van der Waals surface area contributed by atoms with E-state index in [0.29, 0.717) is 29.4 Å². The molecule has 4 aliphatic rings. The van der Waals surface area contributed by atoms with Crippen molar-refractivity contribution in [2.75, 3.05) is 0 Å². The lowest BCUT2D eigenvalue weighted by molar-refractivity contribution is -0.384. The number of hydrogen-bond acceptors (Lipinski definition) is 7. The first-order valence-corrected chi connectivity index (χ1v) is 15.1. The molecule has 4 fully saturated rings. The molecule has 0 unspecified atom stereocenters. The molecule has 7 rings (SSSR count). The summed E-state index contributed by atoms with van der Waals surface area (Å²) >= 11 is 6.03. The second-order valence-electron chi connectivity index (χ2n) is 11.8. The standard InChI is InChI=1S/C27H30BClN2O7S/c1-26(2)18-12-23(26)27(3)24(13-18)37-28(38-27)25(11-17-14-36-22-7-5-4-6-19(17)22)30-39(34,35)15-16-8-9-21(31(32)33)20(29)10-16/h4-10,14,18,23-25,30H,11-13,15H2,1-3H3/t18-,23-,24+,25-,27-/m0/s1. The molecular formula is C27H30BClN2O7S. The van der Waals surface area contributed by atoms with Crippen molar-refractivity contribution in [3.05, 3.63) is 75.0 Å². The summed E-state index contributed by atoms with van der Waals surface area (Å²) < 4.78 is 48.5. The van der Waals surface area contributed by atoms with Crippen molar-refractivity contribution in [3.63, 3.8) is 0 Å². The van der Waals surface area contributed by atoms with Gasteiger partial charge in [0, 0.05) is 11.5 Å². The van der Waals surface area contributed by atoms with Crippen LogP contribution in [0.4, 0.5) is 5.69 Å². The van der Waals surface area contributed by atoms with Crippen LogP contribution in [0.2, 0.25) is 5.02 Å². The van der Waals surface area contributed by atoms with E-state index in [1.165, 1.54) is 18.2 Å². The minimum absolute atomic E-state index is 0.110. The second kappa shape index (κ2) is 9.31. The number of nitro groups is 1. The van der Waals surface area contributed by atoms with Crippen LogP contribution in [0.3, 0.4) is 0 Å². The zero-order valence-corrected chi connectivity index (χ0v) is 23.5. The molecule has 2 heterocycles. The molecule has 9 nitrogen and oxygen atoms in total. The molecule has 1 saturated heterocycles. The predicted octanol–water partition coefficient (Wildman–Crippen LogP) is 5.29. The molecule has 3 aromatic rings. The molecule has 0 radical (unpaired) electrons. The fourth-order valence-corrected chi connectivity index (χ4v) is 8.60. The normalized spacial score (nSPS) is 28.2. The number of hydrogen-bond donors (Lipinski definition) is 1. The number of halogens is 1. The van der Waals surface area contributed by atoms with E-state index in [1.807, 2.05) is 24.3 Å². The minimum Gasteiger partial charge on any atom is -0.464 e. The van der Waals surface area contributed by atoms with Crippen LogP contribution < -0.4 is 4.72 Å². The zero-order chi connectivity index (χ0) is 27.7. The Morgan fingerprint density at radius 2 is 1.97 bits per heavy atom. The van der Waals surface area contributed by atoms with Gasteiger partial charge in [-0.3, -0.25) is 10.1 Å². The second-order valence-corrected chi connectivity index (χ2v) is 14.0. The van der Waals surface area contributed by atoms with Crippen LogP contribution in [0.25, 0.3) is 11.0 Å². The highest BCUT2D eigenvalue weighted by atomic mass is 35.5. The van der Waals surface area contributed by atoms with Crippen LogP contribution in [0.5, 0.6) is 0 Å². The highest BCUT2D eigenvalue weighted by molar-refractivity contribution is 7.88. The van der Waals surface area contributed by atoms with Gasteiger partial charge in [0.05, 0.1) is 34.6 Å². The fourth-order valence-electron chi connectivity index (χ4n) is 6.97. The van der Waals surface area contributed by atoms with Crippen LogP contribution in [0.1, 0.15) is 44.7 Å². The molecule has 1 aliphatic heterocycles. The Labute approximate surface area is 232 Å². The molecule has 1 N–H and O–H groups in total.